The van der Waals surface area contributed by atoms with Crippen molar-refractivity contribution in [1.29, 1.82) is 0 Å². The Morgan fingerprint density at radius 1 is 1.13 bits per heavy atom. The fourth-order valence-electron chi connectivity index (χ4n) is 2.57. The van der Waals surface area contributed by atoms with E-state index >= 15 is 0 Å². The Hall–Kier alpha value is -1.68. The lowest BCUT2D eigenvalue weighted by Gasteiger charge is -2.32. The molecule has 4 heteroatoms. The fraction of sp³-hybridized carbons (Fsp3) is 0.526. The van der Waals surface area contributed by atoms with Crippen LogP contribution in [0.15, 0.2) is 34.9 Å². The maximum absolute atomic E-state index is 13.6. The molecule has 0 spiro atoms. The molecule has 0 amide bonds. The third-order valence-electron chi connectivity index (χ3n) is 3.83. The number of hydrogen-bond acceptors (Lipinski definition) is 3. The lowest BCUT2D eigenvalue weighted by molar-refractivity contribution is 0.266. The van der Waals surface area contributed by atoms with Crippen LogP contribution in [0, 0.1) is 11.2 Å². The Labute approximate surface area is 138 Å². The van der Waals surface area contributed by atoms with Crippen molar-refractivity contribution in [2.75, 3.05) is 0 Å². The summed E-state index contributed by atoms with van der Waals surface area (Å²) < 4.78 is 19.0. The molecule has 0 aliphatic rings. The normalized spacial score (nSPS) is 14.0. The quantitative estimate of drug-likeness (QED) is 0.863. The van der Waals surface area contributed by atoms with E-state index < -0.39 is 0 Å². The molecule has 126 valence electrons. The molecule has 1 aromatic carbocycles. The molecular weight excluding hydrogens is 291 g/mol. The second-order valence-electron chi connectivity index (χ2n) is 8.17. The van der Waals surface area contributed by atoms with Gasteiger partial charge in [0.15, 0.2) is 0 Å². The van der Waals surface area contributed by atoms with Gasteiger partial charge in [0.1, 0.15) is 11.6 Å². The molecule has 2 aromatic rings. The Balaban J connectivity index is 2.15. The third kappa shape index (κ3) is 4.64. The molecule has 1 atom stereocenters. The van der Waals surface area contributed by atoms with Crippen LogP contribution in [0.5, 0.6) is 0 Å². The van der Waals surface area contributed by atoms with Gasteiger partial charge in [-0.15, -0.1) is 0 Å². The lowest BCUT2D eigenvalue weighted by Crippen LogP contribution is -2.32. The summed E-state index contributed by atoms with van der Waals surface area (Å²) in [6.45, 7) is 13.3. The zero-order valence-electron chi connectivity index (χ0n) is 14.9. The van der Waals surface area contributed by atoms with Gasteiger partial charge in [-0.2, -0.15) is 0 Å². The van der Waals surface area contributed by atoms with Crippen molar-refractivity contribution in [3.8, 4) is 0 Å². The lowest BCUT2D eigenvalue weighted by atomic mass is 9.82. The Kier molecular flexibility index (Phi) is 4.95. The second-order valence-corrected chi connectivity index (χ2v) is 8.17. The average Bonchev–Trinajstić information content (AvgIpc) is 2.86. The standard InChI is InChI=1S/C19H27FN2O/c1-18(2,3)16-11-15(22-23-16)12-21-17(19(4,5)6)13-8-7-9-14(20)10-13/h7-11,17,21H,12H2,1-6H3/t17-/m1/s1. The molecule has 23 heavy (non-hydrogen) atoms. The van der Waals surface area contributed by atoms with E-state index in [-0.39, 0.29) is 22.7 Å². The molecule has 3 nitrogen and oxygen atoms in total. The maximum atomic E-state index is 13.6. The first-order valence-electron chi connectivity index (χ1n) is 8.02. The van der Waals surface area contributed by atoms with Crippen LogP contribution in [-0.4, -0.2) is 5.16 Å². The smallest absolute Gasteiger partial charge is 0.142 e. The molecule has 0 saturated carbocycles. The van der Waals surface area contributed by atoms with Gasteiger partial charge in [-0.3, -0.25) is 0 Å². The minimum Gasteiger partial charge on any atom is -0.361 e. The van der Waals surface area contributed by atoms with Crippen LogP contribution >= 0.6 is 0 Å². The summed E-state index contributed by atoms with van der Waals surface area (Å²) in [7, 11) is 0. The summed E-state index contributed by atoms with van der Waals surface area (Å²) in [5, 5.41) is 7.63. The fourth-order valence-corrected chi connectivity index (χ4v) is 2.57. The van der Waals surface area contributed by atoms with Gasteiger partial charge >= 0.3 is 0 Å². The van der Waals surface area contributed by atoms with Gasteiger partial charge in [-0.05, 0) is 23.1 Å². The van der Waals surface area contributed by atoms with E-state index in [1.807, 2.05) is 12.1 Å². The van der Waals surface area contributed by atoms with Crippen molar-refractivity contribution in [3.05, 3.63) is 53.2 Å². The SMILES string of the molecule is CC(C)(C)c1cc(CN[C@H](c2cccc(F)c2)C(C)(C)C)no1. The number of aromatic nitrogens is 1. The van der Waals surface area contributed by atoms with Gasteiger partial charge in [-0.25, -0.2) is 4.39 Å². The van der Waals surface area contributed by atoms with Crippen LogP contribution in [0.25, 0.3) is 0 Å². The summed E-state index contributed by atoms with van der Waals surface area (Å²) in [4.78, 5) is 0. The summed E-state index contributed by atoms with van der Waals surface area (Å²) >= 11 is 0. The molecule has 2 rings (SSSR count). The number of halogens is 1. The Morgan fingerprint density at radius 2 is 1.83 bits per heavy atom. The van der Waals surface area contributed by atoms with E-state index in [4.69, 9.17) is 4.52 Å². The first-order valence-corrected chi connectivity index (χ1v) is 8.02. The summed E-state index contributed by atoms with van der Waals surface area (Å²) in [5.74, 6) is 0.655. The predicted molar refractivity (Wildman–Crippen MR) is 90.6 cm³/mol. The minimum absolute atomic E-state index is 0.0213. The number of rotatable bonds is 4. The van der Waals surface area contributed by atoms with Crippen LogP contribution in [-0.2, 0) is 12.0 Å². The van der Waals surface area contributed by atoms with Crippen LogP contribution in [0.3, 0.4) is 0 Å². The zero-order valence-corrected chi connectivity index (χ0v) is 14.9. The molecule has 0 aliphatic carbocycles. The largest absolute Gasteiger partial charge is 0.361 e. The van der Waals surface area contributed by atoms with Gasteiger partial charge in [-0.1, -0.05) is 58.8 Å². The molecular formula is C19H27FN2O. The maximum Gasteiger partial charge on any atom is 0.142 e. The summed E-state index contributed by atoms with van der Waals surface area (Å²) in [6.07, 6.45) is 0. The number of hydrogen-bond donors (Lipinski definition) is 1. The molecule has 0 aliphatic heterocycles. The molecule has 1 aromatic heterocycles. The van der Waals surface area contributed by atoms with Crippen molar-refractivity contribution in [3.63, 3.8) is 0 Å². The zero-order chi connectivity index (χ0) is 17.3. The van der Waals surface area contributed by atoms with Gasteiger partial charge in [0.05, 0.1) is 5.69 Å². The van der Waals surface area contributed by atoms with Gasteiger partial charge < -0.3 is 9.84 Å². The molecule has 0 unspecified atom stereocenters. The summed E-state index contributed by atoms with van der Waals surface area (Å²) in [6, 6.07) is 8.77. The monoisotopic (exact) mass is 318 g/mol. The van der Waals surface area contributed by atoms with E-state index in [2.05, 4.69) is 52.0 Å². The molecule has 1 heterocycles. The Bertz CT molecular complexity index is 650. The van der Waals surface area contributed by atoms with Gasteiger partial charge in [0.2, 0.25) is 0 Å². The van der Waals surface area contributed by atoms with Crippen LogP contribution in [0.1, 0.15) is 64.6 Å². The van der Waals surface area contributed by atoms with Crippen molar-refractivity contribution in [2.24, 2.45) is 5.41 Å². The van der Waals surface area contributed by atoms with Crippen LogP contribution in [0.2, 0.25) is 0 Å². The number of benzene rings is 1. The molecule has 0 bridgehead atoms. The molecule has 0 radical (unpaired) electrons. The highest BCUT2D eigenvalue weighted by Crippen LogP contribution is 2.33. The van der Waals surface area contributed by atoms with Crippen molar-refractivity contribution in [1.82, 2.24) is 10.5 Å². The summed E-state index contributed by atoms with van der Waals surface area (Å²) in [5.41, 5.74) is 1.69. The molecule has 0 saturated heterocycles. The molecule has 1 N–H and O–H groups in total. The third-order valence-corrected chi connectivity index (χ3v) is 3.83. The second kappa shape index (κ2) is 6.44. The number of nitrogens with one attached hydrogen (secondary N) is 1. The first-order chi connectivity index (χ1) is 10.6. The highest BCUT2D eigenvalue weighted by atomic mass is 19.1. The highest BCUT2D eigenvalue weighted by molar-refractivity contribution is 5.22. The average molecular weight is 318 g/mol. The van der Waals surface area contributed by atoms with E-state index in [9.17, 15) is 4.39 Å². The van der Waals surface area contributed by atoms with E-state index in [1.165, 1.54) is 6.07 Å². The van der Waals surface area contributed by atoms with Gasteiger partial charge in [0, 0.05) is 24.1 Å². The van der Waals surface area contributed by atoms with Crippen molar-refractivity contribution < 1.29 is 8.91 Å². The van der Waals surface area contributed by atoms with E-state index in [0.29, 0.717) is 6.54 Å². The highest BCUT2D eigenvalue weighted by Gasteiger charge is 2.27. The van der Waals surface area contributed by atoms with Gasteiger partial charge in [0.25, 0.3) is 0 Å². The van der Waals surface area contributed by atoms with E-state index in [0.717, 1.165) is 17.0 Å². The Morgan fingerprint density at radius 3 is 2.35 bits per heavy atom. The minimum atomic E-state index is -0.213. The van der Waals surface area contributed by atoms with E-state index in [1.54, 1.807) is 12.1 Å². The van der Waals surface area contributed by atoms with Crippen molar-refractivity contribution in [2.45, 2.75) is 59.5 Å². The molecule has 0 fully saturated rings. The predicted octanol–water partition coefficient (Wildman–Crippen LogP) is 4.99. The number of nitrogens with zero attached hydrogens (tertiary/aromatic N) is 1. The van der Waals surface area contributed by atoms with Crippen LogP contribution < -0.4 is 5.32 Å². The topological polar surface area (TPSA) is 38.1 Å². The first kappa shape index (κ1) is 17.7. The van der Waals surface area contributed by atoms with Crippen molar-refractivity contribution >= 4 is 0 Å². The van der Waals surface area contributed by atoms with Crippen LogP contribution in [0.4, 0.5) is 4.39 Å².